The third kappa shape index (κ3) is 5.48. The number of nitrogens with zero attached hydrogens (tertiary/aromatic N) is 5. The van der Waals surface area contributed by atoms with Crippen LogP contribution in [-0.2, 0) is 12.0 Å². The fourth-order valence-corrected chi connectivity index (χ4v) is 4.12. The average molecular weight is 419 g/mol. The Morgan fingerprint density at radius 3 is 2.76 bits per heavy atom. The van der Waals surface area contributed by atoms with E-state index in [4.69, 9.17) is 0 Å². The van der Waals surface area contributed by atoms with Gasteiger partial charge in [0.1, 0.15) is 4.88 Å². The summed E-state index contributed by atoms with van der Waals surface area (Å²) in [7, 11) is 0. The Bertz CT molecular complexity index is 901. The quantitative estimate of drug-likeness (QED) is 0.771. The number of piperidine rings is 1. The number of amides is 1. The molecule has 1 saturated heterocycles. The predicted octanol–water partition coefficient (Wildman–Crippen LogP) is 1.99. The van der Waals surface area contributed by atoms with Crippen LogP contribution in [0.4, 0.5) is 0 Å². The molecule has 8 nitrogen and oxygen atoms in total. The molecule has 0 spiro atoms. The van der Waals surface area contributed by atoms with Gasteiger partial charge in [0.25, 0.3) is 11.5 Å². The Kier molecular flexibility index (Phi) is 6.79. The van der Waals surface area contributed by atoms with Crippen LogP contribution in [-0.4, -0.2) is 55.9 Å². The normalized spacial score (nSPS) is 18.0. The lowest BCUT2D eigenvalue weighted by atomic mass is 9.92. The fourth-order valence-electron chi connectivity index (χ4n) is 3.55. The topological polar surface area (TPSA) is 93.0 Å². The van der Waals surface area contributed by atoms with Crippen LogP contribution in [0.1, 0.15) is 61.1 Å². The lowest BCUT2D eigenvalue weighted by Gasteiger charge is -2.35. The first-order chi connectivity index (χ1) is 13.8. The molecule has 1 aliphatic rings. The summed E-state index contributed by atoms with van der Waals surface area (Å²) in [5.74, 6) is -0.112. The highest BCUT2D eigenvalue weighted by Crippen LogP contribution is 2.19. The van der Waals surface area contributed by atoms with Gasteiger partial charge in [-0.2, -0.15) is 5.10 Å². The summed E-state index contributed by atoms with van der Waals surface area (Å²) in [4.78, 5) is 27.6. The molecule has 158 valence electrons. The molecule has 1 fully saturated rings. The number of carbonyl (C=O) groups excluding carboxylic acids is 1. The lowest BCUT2D eigenvalue weighted by Crippen LogP contribution is -2.48. The Morgan fingerprint density at radius 2 is 2.07 bits per heavy atom. The zero-order chi connectivity index (χ0) is 21.0. The van der Waals surface area contributed by atoms with Crippen LogP contribution < -0.4 is 10.9 Å². The molecule has 0 saturated carbocycles. The third-order valence-electron chi connectivity index (χ3n) is 5.34. The van der Waals surface area contributed by atoms with Gasteiger partial charge < -0.3 is 5.32 Å². The van der Waals surface area contributed by atoms with Gasteiger partial charge in [0.05, 0.1) is 17.9 Å². The van der Waals surface area contributed by atoms with Gasteiger partial charge in [-0.3, -0.25) is 14.5 Å². The Morgan fingerprint density at radius 1 is 1.28 bits per heavy atom. The molecule has 1 unspecified atom stereocenters. The van der Waals surface area contributed by atoms with Crippen molar-refractivity contribution in [1.82, 2.24) is 29.6 Å². The Hall–Kier alpha value is -2.13. The summed E-state index contributed by atoms with van der Waals surface area (Å²) in [5.41, 5.74) is 1.40. The molecular weight excluding hydrogens is 388 g/mol. The van der Waals surface area contributed by atoms with Gasteiger partial charge >= 0.3 is 0 Å². The van der Waals surface area contributed by atoms with Crippen molar-refractivity contribution in [3.05, 3.63) is 38.8 Å². The number of rotatable bonds is 6. The van der Waals surface area contributed by atoms with E-state index in [0.717, 1.165) is 49.6 Å². The molecule has 1 atom stereocenters. The van der Waals surface area contributed by atoms with E-state index in [0.29, 0.717) is 23.7 Å². The number of aromatic nitrogens is 4. The maximum atomic E-state index is 12.4. The highest BCUT2D eigenvalue weighted by Gasteiger charge is 2.24. The van der Waals surface area contributed by atoms with Crippen LogP contribution in [0.5, 0.6) is 0 Å². The second kappa shape index (κ2) is 9.13. The smallest absolute Gasteiger partial charge is 0.266 e. The van der Waals surface area contributed by atoms with Crippen molar-refractivity contribution in [3.8, 4) is 0 Å². The molecule has 1 amide bonds. The van der Waals surface area contributed by atoms with Crippen LogP contribution in [0.25, 0.3) is 0 Å². The third-order valence-corrected chi connectivity index (χ3v) is 6.17. The van der Waals surface area contributed by atoms with Gasteiger partial charge in [-0.25, -0.2) is 4.68 Å². The first-order valence-electron chi connectivity index (χ1n) is 10.2. The Labute approximate surface area is 175 Å². The molecule has 9 heteroatoms. The van der Waals surface area contributed by atoms with Gasteiger partial charge in [-0.15, -0.1) is 5.10 Å². The zero-order valence-corrected chi connectivity index (χ0v) is 18.5. The molecule has 3 heterocycles. The maximum absolute atomic E-state index is 12.4. The molecule has 0 radical (unpaired) electrons. The molecule has 1 N–H and O–H groups in total. The molecule has 2 aromatic rings. The first-order valence-corrected chi connectivity index (χ1v) is 10.9. The number of hydrogen-bond donors (Lipinski definition) is 1. The molecule has 0 bridgehead atoms. The predicted molar refractivity (Wildman–Crippen MR) is 113 cm³/mol. The van der Waals surface area contributed by atoms with Gasteiger partial charge in [0.2, 0.25) is 0 Å². The van der Waals surface area contributed by atoms with Crippen molar-refractivity contribution in [2.24, 2.45) is 0 Å². The van der Waals surface area contributed by atoms with E-state index in [1.807, 2.05) is 6.07 Å². The zero-order valence-electron chi connectivity index (χ0n) is 17.6. The molecule has 29 heavy (non-hydrogen) atoms. The second-order valence-corrected chi connectivity index (χ2v) is 9.37. The van der Waals surface area contributed by atoms with E-state index >= 15 is 0 Å². The first kappa shape index (κ1) is 21.6. The fraction of sp³-hybridized carbons (Fsp3) is 0.650. The van der Waals surface area contributed by atoms with E-state index in [1.165, 1.54) is 0 Å². The van der Waals surface area contributed by atoms with Crippen LogP contribution in [0.2, 0.25) is 0 Å². The minimum Gasteiger partial charge on any atom is -0.350 e. The van der Waals surface area contributed by atoms with E-state index in [-0.39, 0.29) is 22.9 Å². The van der Waals surface area contributed by atoms with Crippen LogP contribution >= 0.6 is 11.5 Å². The number of aryl methyl sites for hydroxylation is 1. The van der Waals surface area contributed by atoms with Crippen LogP contribution in [0.3, 0.4) is 0 Å². The Balaban J connectivity index is 1.61. The molecule has 1 aliphatic heterocycles. The number of hydrogen-bond acceptors (Lipinski definition) is 7. The van der Waals surface area contributed by atoms with E-state index < -0.39 is 0 Å². The summed E-state index contributed by atoms with van der Waals surface area (Å²) < 4.78 is 5.40. The van der Waals surface area contributed by atoms with Gasteiger partial charge in [-0.1, -0.05) is 31.7 Å². The number of likely N-dealkylation sites (tertiary alicyclic amines) is 1. The molecule has 3 rings (SSSR count). The highest BCUT2D eigenvalue weighted by molar-refractivity contribution is 7.07. The summed E-state index contributed by atoms with van der Waals surface area (Å²) >= 11 is 1.12. The number of carbonyl (C=O) groups is 1. The number of nitrogens with one attached hydrogen (secondary N) is 1. The van der Waals surface area contributed by atoms with Crippen LogP contribution in [0.15, 0.2) is 16.9 Å². The van der Waals surface area contributed by atoms with E-state index in [9.17, 15) is 9.59 Å². The maximum Gasteiger partial charge on any atom is 0.266 e. The van der Waals surface area contributed by atoms with Crippen molar-refractivity contribution in [2.45, 2.75) is 65.0 Å². The monoisotopic (exact) mass is 418 g/mol. The summed E-state index contributed by atoms with van der Waals surface area (Å²) in [6, 6.07) is 3.68. The van der Waals surface area contributed by atoms with Gasteiger partial charge in [-0.05, 0) is 43.9 Å². The molecule has 2 aromatic heterocycles. The van der Waals surface area contributed by atoms with Gasteiger partial charge in [0, 0.05) is 30.6 Å². The van der Waals surface area contributed by atoms with Crippen molar-refractivity contribution in [3.63, 3.8) is 0 Å². The largest absolute Gasteiger partial charge is 0.350 e. The minimum absolute atomic E-state index is 0.0759. The standard InChI is InChI=1S/C20H30N6O2S/c1-14-18(29-24-22-14)19(28)21-13-15-7-5-6-10-25(15)11-12-26-17(27)9-8-16(23-26)20(2,3)4/h8-9,15H,5-7,10-13H2,1-4H3,(H,21,28). The summed E-state index contributed by atoms with van der Waals surface area (Å²) in [5, 5.41) is 11.5. The average Bonchev–Trinajstić information content (AvgIpc) is 3.11. The van der Waals surface area contributed by atoms with E-state index in [1.54, 1.807) is 17.7 Å². The van der Waals surface area contributed by atoms with Crippen molar-refractivity contribution in [2.75, 3.05) is 19.6 Å². The molecule has 0 aliphatic carbocycles. The van der Waals surface area contributed by atoms with Crippen LogP contribution in [0, 0.1) is 6.92 Å². The molecule has 0 aromatic carbocycles. The van der Waals surface area contributed by atoms with Crippen molar-refractivity contribution < 1.29 is 4.79 Å². The minimum atomic E-state index is -0.112. The van der Waals surface area contributed by atoms with Crippen molar-refractivity contribution in [1.29, 1.82) is 0 Å². The summed E-state index contributed by atoms with van der Waals surface area (Å²) in [6.45, 7) is 10.9. The lowest BCUT2D eigenvalue weighted by molar-refractivity contribution is 0.0912. The summed E-state index contributed by atoms with van der Waals surface area (Å²) in [6.07, 6.45) is 3.31. The van der Waals surface area contributed by atoms with Crippen molar-refractivity contribution >= 4 is 17.4 Å². The SMILES string of the molecule is Cc1nnsc1C(=O)NCC1CCCCN1CCn1nc(C(C)(C)C)ccc1=O. The second-order valence-electron chi connectivity index (χ2n) is 8.61. The van der Waals surface area contributed by atoms with Gasteiger partial charge in [0.15, 0.2) is 0 Å². The highest BCUT2D eigenvalue weighted by atomic mass is 32.1. The molecular formula is C20H30N6O2S. The van der Waals surface area contributed by atoms with E-state index in [2.05, 4.69) is 45.7 Å².